The minimum Gasteiger partial charge on any atom is -0.481 e. The van der Waals surface area contributed by atoms with E-state index in [1.54, 1.807) is 0 Å². The van der Waals surface area contributed by atoms with Crippen LogP contribution in [0.5, 0.6) is 0 Å². The molecule has 0 heterocycles. The zero-order valence-electron chi connectivity index (χ0n) is 9.75. The van der Waals surface area contributed by atoms with E-state index < -0.39 is 5.97 Å². The molecule has 88 valence electrons. The van der Waals surface area contributed by atoms with E-state index in [4.69, 9.17) is 5.11 Å². The van der Waals surface area contributed by atoms with Gasteiger partial charge in [0.05, 0.1) is 33.6 Å². The summed E-state index contributed by atoms with van der Waals surface area (Å²) in [6.45, 7) is 3.64. The SMILES string of the molecule is CC(=O)NCCC[N+](C)(C)CCC(=O)O. The van der Waals surface area contributed by atoms with Gasteiger partial charge in [0.1, 0.15) is 0 Å². The molecule has 5 heteroatoms. The van der Waals surface area contributed by atoms with E-state index in [1.165, 1.54) is 6.92 Å². The summed E-state index contributed by atoms with van der Waals surface area (Å²) in [7, 11) is 3.99. The number of nitrogens with one attached hydrogen (secondary N) is 1. The molecule has 2 N–H and O–H groups in total. The summed E-state index contributed by atoms with van der Waals surface area (Å²) >= 11 is 0. The fourth-order valence-electron chi connectivity index (χ4n) is 1.28. The van der Waals surface area contributed by atoms with Crippen LogP contribution in [0.4, 0.5) is 0 Å². The number of carboxylic acid groups (broad SMARTS) is 1. The van der Waals surface area contributed by atoms with Crippen molar-refractivity contribution in [2.45, 2.75) is 19.8 Å². The Morgan fingerprint density at radius 1 is 1.27 bits per heavy atom. The summed E-state index contributed by atoms with van der Waals surface area (Å²) < 4.78 is 0.673. The third-order valence-corrected chi connectivity index (χ3v) is 2.25. The van der Waals surface area contributed by atoms with Crippen molar-refractivity contribution < 1.29 is 19.2 Å². The lowest BCUT2D eigenvalue weighted by Gasteiger charge is -2.29. The number of rotatable bonds is 7. The molecule has 0 fully saturated rings. The van der Waals surface area contributed by atoms with Gasteiger partial charge in [0.25, 0.3) is 0 Å². The first-order chi connectivity index (χ1) is 6.83. The van der Waals surface area contributed by atoms with Gasteiger partial charge in [-0.2, -0.15) is 0 Å². The molecule has 0 aromatic heterocycles. The van der Waals surface area contributed by atoms with Crippen LogP contribution in [0.2, 0.25) is 0 Å². The summed E-state index contributed by atoms with van der Waals surface area (Å²) in [6.07, 6.45) is 1.05. The molecule has 0 saturated heterocycles. The molecule has 5 nitrogen and oxygen atoms in total. The maximum absolute atomic E-state index is 10.6. The standard InChI is InChI=1S/C10H20N2O3/c1-9(13)11-6-4-7-12(2,3)8-5-10(14)15/h4-8H2,1-3H3,(H-,11,13,14,15)/p+1. The second-order valence-corrected chi connectivity index (χ2v) is 4.36. The lowest BCUT2D eigenvalue weighted by molar-refractivity contribution is -0.889. The van der Waals surface area contributed by atoms with E-state index in [0.29, 0.717) is 17.6 Å². The second kappa shape index (κ2) is 6.40. The van der Waals surface area contributed by atoms with Crippen molar-refractivity contribution in [2.24, 2.45) is 0 Å². The molecular weight excluding hydrogens is 196 g/mol. The minimum atomic E-state index is -0.761. The smallest absolute Gasteiger partial charge is 0.309 e. The van der Waals surface area contributed by atoms with Gasteiger partial charge in [-0.3, -0.25) is 9.59 Å². The highest BCUT2D eigenvalue weighted by atomic mass is 16.4. The van der Waals surface area contributed by atoms with Crippen molar-refractivity contribution in [3.8, 4) is 0 Å². The Morgan fingerprint density at radius 2 is 1.87 bits per heavy atom. The molecule has 0 atom stereocenters. The molecule has 0 unspecified atom stereocenters. The van der Waals surface area contributed by atoms with Gasteiger partial charge >= 0.3 is 5.97 Å². The van der Waals surface area contributed by atoms with Gasteiger partial charge in [-0.15, -0.1) is 0 Å². The van der Waals surface area contributed by atoms with E-state index in [1.807, 2.05) is 14.1 Å². The van der Waals surface area contributed by atoms with Crippen LogP contribution in [-0.2, 0) is 9.59 Å². The Balaban J connectivity index is 3.64. The highest BCUT2D eigenvalue weighted by molar-refractivity contribution is 5.72. The van der Waals surface area contributed by atoms with Crippen molar-refractivity contribution in [2.75, 3.05) is 33.7 Å². The van der Waals surface area contributed by atoms with Crippen LogP contribution in [0.1, 0.15) is 19.8 Å². The number of carboxylic acids is 1. The van der Waals surface area contributed by atoms with Crippen LogP contribution in [0.3, 0.4) is 0 Å². The average Bonchev–Trinajstić information content (AvgIpc) is 2.09. The molecule has 1 amide bonds. The van der Waals surface area contributed by atoms with Gasteiger partial charge in [0, 0.05) is 19.9 Å². The van der Waals surface area contributed by atoms with Crippen LogP contribution >= 0.6 is 0 Å². The van der Waals surface area contributed by atoms with Gasteiger partial charge in [-0.1, -0.05) is 0 Å². The third-order valence-electron chi connectivity index (χ3n) is 2.25. The monoisotopic (exact) mass is 217 g/mol. The van der Waals surface area contributed by atoms with E-state index in [9.17, 15) is 9.59 Å². The highest BCUT2D eigenvalue weighted by Gasteiger charge is 2.15. The Hall–Kier alpha value is -1.10. The fraction of sp³-hybridized carbons (Fsp3) is 0.800. The van der Waals surface area contributed by atoms with Gasteiger partial charge in [0.2, 0.25) is 5.91 Å². The van der Waals surface area contributed by atoms with Crippen LogP contribution in [0.25, 0.3) is 0 Å². The third kappa shape index (κ3) is 9.21. The zero-order chi connectivity index (χ0) is 11.9. The van der Waals surface area contributed by atoms with E-state index in [0.717, 1.165) is 13.0 Å². The highest BCUT2D eigenvalue weighted by Crippen LogP contribution is 2.00. The number of quaternary nitrogens is 1. The predicted octanol–water partition coefficient (Wildman–Crippen LogP) is 0.0637. The van der Waals surface area contributed by atoms with Gasteiger partial charge in [-0.25, -0.2) is 0 Å². The fourth-order valence-corrected chi connectivity index (χ4v) is 1.28. The largest absolute Gasteiger partial charge is 0.481 e. The van der Waals surface area contributed by atoms with Crippen molar-refractivity contribution in [1.29, 1.82) is 0 Å². The predicted molar refractivity (Wildman–Crippen MR) is 57.4 cm³/mol. The molecule has 0 radical (unpaired) electrons. The first-order valence-electron chi connectivity index (χ1n) is 5.12. The number of hydrogen-bond acceptors (Lipinski definition) is 2. The molecule has 0 aliphatic carbocycles. The van der Waals surface area contributed by atoms with Crippen molar-refractivity contribution in [3.05, 3.63) is 0 Å². The van der Waals surface area contributed by atoms with Crippen LogP contribution < -0.4 is 5.32 Å². The van der Waals surface area contributed by atoms with Gasteiger partial charge in [0.15, 0.2) is 0 Å². The summed E-state index contributed by atoms with van der Waals surface area (Å²) in [5, 5.41) is 11.3. The Kier molecular flexibility index (Phi) is 5.93. The molecule has 0 spiro atoms. The quantitative estimate of drug-likeness (QED) is 0.468. The molecule has 0 aliphatic rings. The lowest BCUT2D eigenvalue weighted by Crippen LogP contribution is -2.43. The molecule has 0 bridgehead atoms. The summed E-state index contributed by atoms with van der Waals surface area (Å²) in [5.74, 6) is -0.783. The topological polar surface area (TPSA) is 66.4 Å². The number of carbonyl (C=O) groups excluding carboxylic acids is 1. The van der Waals surface area contributed by atoms with Crippen LogP contribution in [0, 0.1) is 0 Å². The normalized spacial score (nSPS) is 11.1. The maximum atomic E-state index is 10.6. The van der Waals surface area contributed by atoms with E-state index in [2.05, 4.69) is 5.32 Å². The van der Waals surface area contributed by atoms with E-state index in [-0.39, 0.29) is 12.3 Å². The minimum absolute atomic E-state index is 0.0224. The van der Waals surface area contributed by atoms with Crippen LogP contribution in [0.15, 0.2) is 0 Å². The average molecular weight is 217 g/mol. The van der Waals surface area contributed by atoms with Gasteiger partial charge in [-0.05, 0) is 0 Å². The molecule has 0 aromatic carbocycles. The second-order valence-electron chi connectivity index (χ2n) is 4.36. The van der Waals surface area contributed by atoms with Crippen molar-refractivity contribution in [1.82, 2.24) is 5.32 Å². The lowest BCUT2D eigenvalue weighted by atomic mass is 10.3. The Bertz CT molecular complexity index is 227. The Labute approximate surface area is 90.7 Å². The molecule has 0 aromatic rings. The zero-order valence-corrected chi connectivity index (χ0v) is 9.75. The molecule has 0 saturated carbocycles. The maximum Gasteiger partial charge on any atom is 0.309 e. The molecule has 15 heavy (non-hydrogen) atoms. The number of nitrogens with zero attached hydrogens (tertiary/aromatic N) is 1. The van der Waals surface area contributed by atoms with Gasteiger partial charge < -0.3 is 14.9 Å². The molecular formula is C10H21N2O3+. The first kappa shape index (κ1) is 13.9. The number of carbonyl (C=O) groups is 2. The van der Waals surface area contributed by atoms with Crippen molar-refractivity contribution >= 4 is 11.9 Å². The summed E-state index contributed by atoms with van der Waals surface area (Å²) in [6, 6.07) is 0. The summed E-state index contributed by atoms with van der Waals surface area (Å²) in [4.78, 5) is 21.0. The van der Waals surface area contributed by atoms with Crippen molar-refractivity contribution in [3.63, 3.8) is 0 Å². The number of hydrogen-bond donors (Lipinski definition) is 2. The molecule has 0 aliphatic heterocycles. The summed E-state index contributed by atoms with van der Waals surface area (Å²) in [5.41, 5.74) is 0. The number of amides is 1. The van der Waals surface area contributed by atoms with Crippen LogP contribution in [-0.4, -0.2) is 55.2 Å². The Morgan fingerprint density at radius 3 is 2.33 bits per heavy atom. The molecule has 0 rings (SSSR count). The number of aliphatic carboxylic acids is 1. The van der Waals surface area contributed by atoms with E-state index >= 15 is 0 Å². The first-order valence-corrected chi connectivity index (χ1v) is 5.12.